The van der Waals surface area contributed by atoms with Gasteiger partial charge in [0.15, 0.2) is 0 Å². The van der Waals surface area contributed by atoms with Crippen LogP contribution >= 0.6 is 0 Å². The van der Waals surface area contributed by atoms with Crippen molar-refractivity contribution in [2.45, 2.75) is 52.8 Å². The first-order valence-electron chi connectivity index (χ1n) is 5.08. The van der Waals surface area contributed by atoms with E-state index >= 15 is 0 Å². The summed E-state index contributed by atoms with van der Waals surface area (Å²) in [5, 5.41) is 0. The third kappa shape index (κ3) is 4.05. The van der Waals surface area contributed by atoms with Crippen molar-refractivity contribution in [2.24, 2.45) is 0 Å². The molecule has 0 bridgehead atoms. The van der Waals surface area contributed by atoms with Gasteiger partial charge in [-0.3, -0.25) is 4.90 Å². The first kappa shape index (κ1) is 11.9. The van der Waals surface area contributed by atoms with Crippen LogP contribution in [-0.4, -0.2) is 30.2 Å². The molecule has 0 amide bonds. The minimum absolute atomic E-state index is 0.513. The Hall–Kier alpha value is -0.110. The zero-order chi connectivity index (χ0) is 9.56. The molecular formula is C10H22FN. The van der Waals surface area contributed by atoms with Crippen LogP contribution in [0.2, 0.25) is 0 Å². The molecule has 1 saturated heterocycles. The first-order valence-corrected chi connectivity index (χ1v) is 5.08. The van der Waals surface area contributed by atoms with Crippen LogP contribution in [0.4, 0.5) is 4.39 Å². The van der Waals surface area contributed by atoms with Crippen molar-refractivity contribution < 1.29 is 4.39 Å². The maximum Gasteiger partial charge on any atom is 0.113 e. The van der Waals surface area contributed by atoms with Crippen molar-refractivity contribution in [2.75, 3.05) is 13.1 Å². The molecule has 1 aliphatic rings. The summed E-state index contributed by atoms with van der Waals surface area (Å²) in [6, 6.07) is 0.513. The molecule has 0 aliphatic carbocycles. The predicted octanol–water partition coefficient (Wildman–Crippen LogP) is 2.85. The van der Waals surface area contributed by atoms with Crippen LogP contribution in [0, 0.1) is 0 Å². The Kier molecular flexibility index (Phi) is 6.35. The molecule has 1 nitrogen and oxygen atoms in total. The second-order valence-electron chi connectivity index (χ2n) is 3.33. The van der Waals surface area contributed by atoms with E-state index in [1.54, 1.807) is 0 Å². The maximum absolute atomic E-state index is 12.8. The van der Waals surface area contributed by atoms with Gasteiger partial charge in [0.1, 0.15) is 6.17 Å². The highest BCUT2D eigenvalue weighted by Crippen LogP contribution is 2.14. The van der Waals surface area contributed by atoms with E-state index < -0.39 is 6.17 Å². The van der Waals surface area contributed by atoms with Crippen LogP contribution in [0.5, 0.6) is 0 Å². The molecule has 1 rings (SSSR count). The monoisotopic (exact) mass is 175 g/mol. The molecule has 0 aromatic heterocycles. The highest BCUT2D eigenvalue weighted by atomic mass is 19.1. The largest absolute Gasteiger partial charge is 0.298 e. The van der Waals surface area contributed by atoms with Crippen molar-refractivity contribution in [3.63, 3.8) is 0 Å². The topological polar surface area (TPSA) is 3.24 Å². The van der Waals surface area contributed by atoms with Gasteiger partial charge in [-0.15, -0.1) is 0 Å². The Morgan fingerprint density at radius 1 is 1.33 bits per heavy atom. The average molecular weight is 175 g/mol. The zero-order valence-electron chi connectivity index (χ0n) is 8.81. The molecule has 0 radical (unpaired) electrons. The van der Waals surface area contributed by atoms with Crippen molar-refractivity contribution in [1.29, 1.82) is 0 Å². The number of hydrogen-bond donors (Lipinski definition) is 0. The van der Waals surface area contributed by atoms with E-state index in [1.807, 2.05) is 13.8 Å². The smallest absolute Gasteiger partial charge is 0.113 e. The summed E-state index contributed by atoms with van der Waals surface area (Å²) in [4.78, 5) is 2.20. The fourth-order valence-electron chi connectivity index (χ4n) is 1.42. The lowest BCUT2D eigenvalue weighted by Gasteiger charge is -2.31. The van der Waals surface area contributed by atoms with Gasteiger partial charge >= 0.3 is 0 Å². The van der Waals surface area contributed by atoms with Gasteiger partial charge in [0.05, 0.1) is 0 Å². The Morgan fingerprint density at radius 2 is 1.92 bits per heavy atom. The number of alkyl halides is 1. The molecule has 0 spiro atoms. The molecule has 2 heteroatoms. The molecule has 0 N–H and O–H groups in total. The van der Waals surface area contributed by atoms with Gasteiger partial charge in [-0.1, -0.05) is 13.8 Å². The van der Waals surface area contributed by atoms with Crippen LogP contribution in [-0.2, 0) is 0 Å². The van der Waals surface area contributed by atoms with Gasteiger partial charge < -0.3 is 0 Å². The van der Waals surface area contributed by atoms with Crippen LogP contribution in [0.15, 0.2) is 0 Å². The molecule has 74 valence electrons. The second kappa shape index (κ2) is 6.41. The molecule has 1 fully saturated rings. The number of piperidine rings is 1. The molecule has 0 saturated carbocycles. The summed E-state index contributed by atoms with van der Waals surface area (Å²) in [6.07, 6.45) is 1.22. The summed E-state index contributed by atoms with van der Waals surface area (Å²) < 4.78 is 12.8. The average Bonchev–Trinajstić information content (AvgIpc) is 2.08. The van der Waals surface area contributed by atoms with Crippen LogP contribution in [0.25, 0.3) is 0 Å². The van der Waals surface area contributed by atoms with E-state index in [2.05, 4.69) is 18.7 Å². The van der Waals surface area contributed by atoms with E-state index in [0.717, 1.165) is 19.4 Å². The molecule has 1 aliphatic heterocycles. The van der Waals surface area contributed by atoms with Gasteiger partial charge in [-0.2, -0.15) is 0 Å². The SMILES string of the molecule is CC.CC(C)N1CCC[C@H](F)C1. The standard InChI is InChI=1S/C8H16FN.C2H6/c1-7(2)10-5-3-4-8(9)6-10;1-2/h7-8H,3-6H2,1-2H3;1-2H3/t8-;/m0./s1. The third-order valence-electron chi connectivity index (χ3n) is 2.13. The van der Waals surface area contributed by atoms with Crippen LogP contribution < -0.4 is 0 Å². The van der Waals surface area contributed by atoms with Crippen LogP contribution in [0.1, 0.15) is 40.5 Å². The minimum Gasteiger partial charge on any atom is -0.298 e. The Morgan fingerprint density at radius 3 is 2.25 bits per heavy atom. The van der Waals surface area contributed by atoms with E-state index in [4.69, 9.17) is 0 Å². The normalized spacial score (nSPS) is 25.0. The van der Waals surface area contributed by atoms with Crippen molar-refractivity contribution in [3.05, 3.63) is 0 Å². The zero-order valence-corrected chi connectivity index (χ0v) is 8.81. The molecular weight excluding hydrogens is 153 g/mol. The fraction of sp³-hybridized carbons (Fsp3) is 1.00. The second-order valence-corrected chi connectivity index (χ2v) is 3.33. The van der Waals surface area contributed by atoms with Gasteiger partial charge in [0.2, 0.25) is 0 Å². The summed E-state index contributed by atoms with van der Waals surface area (Å²) in [5.41, 5.74) is 0. The van der Waals surface area contributed by atoms with Gasteiger partial charge in [0, 0.05) is 12.6 Å². The van der Waals surface area contributed by atoms with Gasteiger partial charge in [-0.25, -0.2) is 4.39 Å². The Balaban J connectivity index is 0.000000561. The highest BCUT2D eigenvalue weighted by Gasteiger charge is 2.20. The lowest BCUT2D eigenvalue weighted by Crippen LogP contribution is -2.40. The van der Waals surface area contributed by atoms with Crippen molar-refractivity contribution in [1.82, 2.24) is 4.90 Å². The number of likely N-dealkylation sites (tertiary alicyclic amines) is 1. The molecule has 0 unspecified atom stereocenters. The third-order valence-corrected chi connectivity index (χ3v) is 2.13. The van der Waals surface area contributed by atoms with Crippen molar-refractivity contribution in [3.8, 4) is 0 Å². The molecule has 12 heavy (non-hydrogen) atoms. The minimum atomic E-state index is -0.573. The Bertz CT molecular complexity index is 104. The summed E-state index contributed by atoms with van der Waals surface area (Å²) >= 11 is 0. The van der Waals surface area contributed by atoms with E-state index in [1.165, 1.54) is 0 Å². The summed E-state index contributed by atoms with van der Waals surface area (Å²) in [7, 11) is 0. The molecule has 1 heterocycles. The lowest BCUT2D eigenvalue weighted by atomic mass is 10.1. The predicted molar refractivity (Wildman–Crippen MR) is 52.2 cm³/mol. The molecule has 0 aromatic carbocycles. The maximum atomic E-state index is 12.8. The van der Waals surface area contributed by atoms with Gasteiger partial charge in [-0.05, 0) is 33.2 Å². The number of rotatable bonds is 1. The van der Waals surface area contributed by atoms with E-state index in [-0.39, 0.29) is 0 Å². The quantitative estimate of drug-likeness (QED) is 0.592. The van der Waals surface area contributed by atoms with Crippen LogP contribution in [0.3, 0.4) is 0 Å². The van der Waals surface area contributed by atoms with E-state index in [0.29, 0.717) is 12.6 Å². The van der Waals surface area contributed by atoms with Gasteiger partial charge in [0.25, 0.3) is 0 Å². The number of halogens is 1. The highest BCUT2D eigenvalue weighted by molar-refractivity contribution is 4.74. The summed E-state index contributed by atoms with van der Waals surface area (Å²) in [5.74, 6) is 0. The van der Waals surface area contributed by atoms with E-state index in [9.17, 15) is 4.39 Å². The number of nitrogens with zero attached hydrogens (tertiary/aromatic N) is 1. The first-order chi connectivity index (χ1) is 5.70. The Labute approximate surface area is 75.9 Å². The lowest BCUT2D eigenvalue weighted by molar-refractivity contribution is 0.112. The van der Waals surface area contributed by atoms with Crippen molar-refractivity contribution >= 4 is 0 Å². The summed E-state index contributed by atoms with van der Waals surface area (Å²) in [6.45, 7) is 9.98. The molecule has 1 atom stereocenters. The fourth-order valence-corrected chi connectivity index (χ4v) is 1.42. The number of hydrogen-bond acceptors (Lipinski definition) is 1. The molecule has 0 aromatic rings.